The highest BCUT2D eigenvalue weighted by atomic mass is 32.2. The summed E-state index contributed by atoms with van der Waals surface area (Å²) in [7, 11) is -3.20. The van der Waals surface area contributed by atoms with Gasteiger partial charge in [-0.15, -0.1) is 0 Å². The second kappa shape index (κ2) is 6.39. The predicted molar refractivity (Wildman–Crippen MR) is 55.8 cm³/mol. The maximum Gasteiger partial charge on any atom is 0.217 e. The molecule has 0 radical (unpaired) electrons. The highest BCUT2D eigenvalue weighted by Crippen LogP contribution is 1.96. The highest BCUT2D eigenvalue weighted by molar-refractivity contribution is 7.91. The van der Waals surface area contributed by atoms with Gasteiger partial charge in [0.1, 0.15) is 0 Å². The van der Waals surface area contributed by atoms with Crippen LogP contribution in [0.5, 0.6) is 0 Å². The van der Waals surface area contributed by atoms with Crippen molar-refractivity contribution >= 4 is 21.7 Å². The van der Waals surface area contributed by atoms with Gasteiger partial charge < -0.3 is 11.1 Å². The molecule has 0 fully saturated rings. The Morgan fingerprint density at radius 2 is 1.87 bits per heavy atom. The highest BCUT2D eigenvalue weighted by Gasteiger charge is 2.10. The van der Waals surface area contributed by atoms with Crippen molar-refractivity contribution in [3.05, 3.63) is 0 Å². The number of sulfone groups is 1. The maximum absolute atomic E-state index is 11.3. The first-order valence-corrected chi connectivity index (χ1v) is 6.39. The van der Waals surface area contributed by atoms with Crippen LogP contribution in [0.25, 0.3) is 0 Å². The third-order valence-electron chi connectivity index (χ3n) is 1.67. The third-order valence-corrected chi connectivity index (χ3v) is 3.40. The minimum Gasteiger partial charge on any atom is -0.370 e. The van der Waals surface area contributed by atoms with Crippen molar-refractivity contribution in [2.24, 2.45) is 5.73 Å². The molecule has 0 aromatic heterocycles. The van der Waals surface area contributed by atoms with E-state index >= 15 is 0 Å². The van der Waals surface area contributed by atoms with E-state index in [0.717, 1.165) is 0 Å². The number of carbonyl (C=O) groups is 2. The van der Waals surface area contributed by atoms with Crippen molar-refractivity contribution in [3.63, 3.8) is 0 Å². The molecule has 0 saturated carbocycles. The number of hydrogen-bond acceptors (Lipinski definition) is 4. The van der Waals surface area contributed by atoms with Gasteiger partial charge in [0, 0.05) is 19.9 Å². The summed E-state index contributed by atoms with van der Waals surface area (Å²) in [6, 6.07) is 0. The van der Waals surface area contributed by atoms with E-state index in [1.54, 1.807) is 0 Å². The first-order chi connectivity index (χ1) is 6.83. The molecule has 0 heterocycles. The van der Waals surface area contributed by atoms with E-state index in [9.17, 15) is 18.0 Å². The fraction of sp³-hybridized carbons (Fsp3) is 0.750. The summed E-state index contributed by atoms with van der Waals surface area (Å²) in [5, 5.41) is 2.39. The molecule has 0 aromatic rings. The van der Waals surface area contributed by atoms with Crippen LogP contribution in [0.3, 0.4) is 0 Å². The molecule has 7 heteroatoms. The second-order valence-electron chi connectivity index (χ2n) is 3.20. The molecular weight excluding hydrogens is 220 g/mol. The molecule has 0 rings (SSSR count). The van der Waals surface area contributed by atoms with Crippen molar-refractivity contribution in [1.29, 1.82) is 0 Å². The minimum absolute atomic E-state index is 0.0688. The Balaban J connectivity index is 3.77. The monoisotopic (exact) mass is 236 g/mol. The van der Waals surface area contributed by atoms with Gasteiger partial charge in [-0.1, -0.05) is 0 Å². The number of carbonyl (C=O) groups excluding carboxylic acids is 2. The fourth-order valence-electron chi connectivity index (χ4n) is 0.951. The first kappa shape index (κ1) is 13.9. The predicted octanol–water partition coefficient (Wildman–Crippen LogP) is -1.20. The summed E-state index contributed by atoms with van der Waals surface area (Å²) in [6.07, 6.45) is 0.303. The summed E-state index contributed by atoms with van der Waals surface area (Å²) in [5.41, 5.74) is 4.87. The lowest BCUT2D eigenvalue weighted by molar-refractivity contribution is -0.119. The molecule has 2 amide bonds. The van der Waals surface area contributed by atoms with E-state index < -0.39 is 15.7 Å². The van der Waals surface area contributed by atoms with Gasteiger partial charge >= 0.3 is 0 Å². The van der Waals surface area contributed by atoms with Gasteiger partial charge in [-0.2, -0.15) is 0 Å². The van der Waals surface area contributed by atoms with Gasteiger partial charge in [0.2, 0.25) is 11.8 Å². The van der Waals surface area contributed by atoms with E-state index in [4.69, 9.17) is 5.73 Å². The lowest BCUT2D eigenvalue weighted by Crippen LogP contribution is -2.28. The SMILES string of the molecule is CC(=O)NCCS(=O)(=O)CCCC(N)=O. The fourth-order valence-corrected chi connectivity index (χ4v) is 2.15. The summed E-state index contributed by atoms with van der Waals surface area (Å²) >= 11 is 0. The average Bonchev–Trinajstić information content (AvgIpc) is 2.01. The number of primary amides is 1. The Morgan fingerprint density at radius 3 is 2.33 bits per heavy atom. The van der Waals surface area contributed by atoms with Gasteiger partial charge in [-0.05, 0) is 6.42 Å². The maximum atomic E-state index is 11.3. The van der Waals surface area contributed by atoms with Crippen LogP contribution in [0, 0.1) is 0 Å². The topological polar surface area (TPSA) is 106 Å². The standard InChI is InChI=1S/C8H16N2O4S/c1-7(11)10-4-6-15(13,14)5-2-3-8(9)12/h2-6H2,1H3,(H2,9,12)(H,10,11). The number of amides is 2. The van der Waals surface area contributed by atoms with Crippen LogP contribution in [-0.4, -0.2) is 38.3 Å². The smallest absolute Gasteiger partial charge is 0.217 e. The Labute approximate surface area is 89.1 Å². The molecule has 0 aliphatic rings. The largest absolute Gasteiger partial charge is 0.370 e. The van der Waals surface area contributed by atoms with Gasteiger partial charge in [0.05, 0.1) is 11.5 Å². The molecule has 0 aliphatic heterocycles. The number of nitrogens with one attached hydrogen (secondary N) is 1. The average molecular weight is 236 g/mol. The molecule has 0 bridgehead atoms. The van der Waals surface area contributed by atoms with Crippen molar-refractivity contribution in [3.8, 4) is 0 Å². The lowest BCUT2D eigenvalue weighted by atomic mass is 10.3. The Bertz CT molecular complexity index is 298. The van der Waals surface area contributed by atoms with E-state index in [-0.39, 0.29) is 36.8 Å². The normalized spacial score (nSPS) is 11.0. The van der Waals surface area contributed by atoms with Gasteiger partial charge in [0.15, 0.2) is 9.84 Å². The molecule has 0 aliphatic carbocycles. The Morgan fingerprint density at radius 1 is 1.27 bits per heavy atom. The molecule has 0 atom stereocenters. The summed E-state index contributed by atoms with van der Waals surface area (Å²) in [6.45, 7) is 1.42. The lowest BCUT2D eigenvalue weighted by Gasteiger charge is -2.03. The molecule has 15 heavy (non-hydrogen) atoms. The van der Waals surface area contributed by atoms with Crippen LogP contribution in [-0.2, 0) is 19.4 Å². The zero-order valence-corrected chi connectivity index (χ0v) is 9.47. The molecular formula is C8H16N2O4S. The Hall–Kier alpha value is -1.11. The second-order valence-corrected chi connectivity index (χ2v) is 5.51. The van der Waals surface area contributed by atoms with E-state index in [2.05, 4.69) is 5.32 Å². The summed E-state index contributed by atoms with van der Waals surface area (Å²) in [4.78, 5) is 20.8. The first-order valence-electron chi connectivity index (χ1n) is 4.56. The van der Waals surface area contributed by atoms with Crippen molar-refractivity contribution in [1.82, 2.24) is 5.32 Å². The molecule has 0 saturated heterocycles. The Kier molecular flexibility index (Phi) is 5.92. The van der Waals surface area contributed by atoms with E-state index in [0.29, 0.717) is 0 Å². The van der Waals surface area contributed by atoms with Gasteiger partial charge in [-0.25, -0.2) is 8.42 Å². The van der Waals surface area contributed by atoms with Gasteiger partial charge in [-0.3, -0.25) is 9.59 Å². The van der Waals surface area contributed by atoms with Crippen LogP contribution in [0.2, 0.25) is 0 Å². The van der Waals surface area contributed by atoms with Crippen molar-refractivity contribution in [2.75, 3.05) is 18.1 Å². The molecule has 88 valence electrons. The zero-order chi connectivity index (χ0) is 11.9. The number of hydrogen-bond donors (Lipinski definition) is 2. The number of rotatable bonds is 7. The van der Waals surface area contributed by atoms with E-state index in [1.165, 1.54) is 6.92 Å². The minimum atomic E-state index is -3.20. The van der Waals surface area contributed by atoms with Crippen molar-refractivity contribution in [2.45, 2.75) is 19.8 Å². The van der Waals surface area contributed by atoms with Crippen LogP contribution in [0.1, 0.15) is 19.8 Å². The zero-order valence-electron chi connectivity index (χ0n) is 8.65. The molecule has 6 nitrogen and oxygen atoms in total. The molecule has 3 N–H and O–H groups in total. The van der Waals surface area contributed by atoms with Crippen molar-refractivity contribution < 1.29 is 18.0 Å². The van der Waals surface area contributed by atoms with Crippen LogP contribution in [0.15, 0.2) is 0 Å². The quantitative estimate of drug-likeness (QED) is 0.579. The van der Waals surface area contributed by atoms with Crippen LogP contribution < -0.4 is 11.1 Å². The molecule has 0 unspecified atom stereocenters. The molecule has 0 aromatic carbocycles. The molecule has 0 spiro atoms. The number of nitrogens with two attached hydrogens (primary N) is 1. The van der Waals surface area contributed by atoms with Crippen LogP contribution in [0.4, 0.5) is 0 Å². The summed E-state index contributed by atoms with van der Waals surface area (Å²) < 4.78 is 22.6. The van der Waals surface area contributed by atoms with E-state index in [1.807, 2.05) is 0 Å². The summed E-state index contributed by atoms with van der Waals surface area (Å²) in [5.74, 6) is -0.949. The van der Waals surface area contributed by atoms with Gasteiger partial charge in [0.25, 0.3) is 0 Å². The third kappa shape index (κ3) is 9.20. The van der Waals surface area contributed by atoms with Crippen LogP contribution >= 0.6 is 0 Å².